The smallest absolute Gasteiger partial charge is 0.234 e. The van der Waals surface area contributed by atoms with Crippen molar-refractivity contribution in [3.63, 3.8) is 0 Å². The molecule has 1 aromatic carbocycles. The van der Waals surface area contributed by atoms with E-state index in [9.17, 15) is 9.59 Å². The summed E-state index contributed by atoms with van der Waals surface area (Å²) in [5, 5.41) is 3.92. The fourth-order valence-electron chi connectivity index (χ4n) is 2.74. The van der Waals surface area contributed by atoms with Crippen LogP contribution < -0.4 is 5.32 Å². The zero-order chi connectivity index (χ0) is 18.0. The molecule has 0 bridgehead atoms. The first-order valence-electron chi connectivity index (χ1n) is 7.90. The number of benzene rings is 1. The molecule has 1 aromatic heterocycles. The van der Waals surface area contributed by atoms with Crippen molar-refractivity contribution in [2.45, 2.75) is 31.8 Å². The molecule has 0 aliphatic heterocycles. The van der Waals surface area contributed by atoms with Crippen molar-refractivity contribution in [3.8, 4) is 0 Å². The Bertz CT molecular complexity index is 822. The van der Waals surface area contributed by atoms with E-state index in [0.717, 1.165) is 12.1 Å². The van der Waals surface area contributed by atoms with Gasteiger partial charge in [0.15, 0.2) is 10.9 Å². The number of aromatic nitrogens is 2. The summed E-state index contributed by atoms with van der Waals surface area (Å²) in [6.45, 7) is 4.12. The minimum Gasteiger partial charge on any atom is -0.325 e. The molecule has 0 unspecified atom stereocenters. The molecule has 0 atom stereocenters. The molecule has 25 heavy (non-hydrogen) atoms. The van der Waals surface area contributed by atoms with Crippen LogP contribution in [0.5, 0.6) is 0 Å². The molecule has 1 heterocycles. The number of halogens is 1. The normalized spacial score (nSPS) is 15.6. The Morgan fingerprint density at radius 3 is 2.72 bits per heavy atom. The summed E-state index contributed by atoms with van der Waals surface area (Å²) in [5.74, 6) is 0.131. The number of fused-ring (bicyclic) bond motifs is 1. The van der Waals surface area contributed by atoms with Gasteiger partial charge >= 0.3 is 0 Å². The molecule has 1 aliphatic rings. The van der Waals surface area contributed by atoms with Crippen LogP contribution in [-0.4, -0.2) is 27.4 Å². The van der Waals surface area contributed by atoms with E-state index in [2.05, 4.69) is 29.1 Å². The van der Waals surface area contributed by atoms with Gasteiger partial charge in [-0.05, 0) is 36.1 Å². The highest BCUT2D eigenvalue weighted by molar-refractivity contribution is 7.99. The quantitative estimate of drug-likeness (QED) is 0.645. The molecule has 130 valence electrons. The molecule has 0 saturated heterocycles. The standard InChI is InChI=1S/C18H18ClN3O2S/c1-18(2)7-14-13(15(23)8-18)9-20-17(22-14)25-10-16(24)21-12-5-3-11(19)4-6-12/h3-6,9H,7-8,10H2,1-2H3,(H,21,24). The third-order valence-corrected chi connectivity index (χ3v) is 5.00. The van der Waals surface area contributed by atoms with Crippen molar-refractivity contribution in [1.29, 1.82) is 0 Å². The van der Waals surface area contributed by atoms with E-state index in [-0.39, 0.29) is 22.9 Å². The fourth-order valence-corrected chi connectivity index (χ4v) is 3.50. The lowest BCUT2D eigenvalue weighted by molar-refractivity contribution is -0.113. The maximum Gasteiger partial charge on any atom is 0.234 e. The minimum atomic E-state index is -0.148. The lowest BCUT2D eigenvalue weighted by Gasteiger charge is -2.29. The number of Topliss-reactive ketones (excluding diaryl/α,β-unsaturated/α-hetero) is 1. The first-order valence-corrected chi connectivity index (χ1v) is 9.26. The summed E-state index contributed by atoms with van der Waals surface area (Å²) in [7, 11) is 0. The third kappa shape index (κ3) is 4.58. The monoisotopic (exact) mass is 375 g/mol. The average molecular weight is 376 g/mol. The summed E-state index contributed by atoms with van der Waals surface area (Å²) < 4.78 is 0. The number of amides is 1. The van der Waals surface area contributed by atoms with Crippen LogP contribution in [0, 0.1) is 5.41 Å². The van der Waals surface area contributed by atoms with Gasteiger partial charge in [0.25, 0.3) is 0 Å². The molecule has 3 rings (SSSR count). The number of carbonyl (C=O) groups excluding carboxylic acids is 2. The van der Waals surface area contributed by atoms with Gasteiger partial charge in [0.05, 0.1) is 17.0 Å². The van der Waals surface area contributed by atoms with Crippen LogP contribution in [0.4, 0.5) is 5.69 Å². The maximum absolute atomic E-state index is 12.1. The van der Waals surface area contributed by atoms with Gasteiger partial charge in [0, 0.05) is 23.3 Å². The Morgan fingerprint density at radius 2 is 2.00 bits per heavy atom. The van der Waals surface area contributed by atoms with Gasteiger partial charge in [-0.3, -0.25) is 9.59 Å². The lowest BCUT2D eigenvalue weighted by atomic mass is 9.76. The number of thioether (sulfide) groups is 1. The van der Waals surface area contributed by atoms with Crippen LogP contribution >= 0.6 is 23.4 Å². The van der Waals surface area contributed by atoms with Gasteiger partial charge < -0.3 is 5.32 Å². The van der Waals surface area contributed by atoms with Gasteiger partial charge in [-0.25, -0.2) is 9.97 Å². The van der Waals surface area contributed by atoms with E-state index >= 15 is 0 Å². The molecule has 0 radical (unpaired) electrons. The first-order chi connectivity index (χ1) is 11.8. The Kier molecular flexibility index (Phi) is 5.11. The topological polar surface area (TPSA) is 72.0 Å². The Morgan fingerprint density at radius 1 is 1.28 bits per heavy atom. The van der Waals surface area contributed by atoms with Crippen molar-refractivity contribution in [3.05, 3.63) is 46.7 Å². The summed E-state index contributed by atoms with van der Waals surface area (Å²) in [6, 6.07) is 6.92. The second-order valence-electron chi connectivity index (χ2n) is 6.80. The van der Waals surface area contributed by atoms with Gasteiger partial charge in [-0.2, -0.15) is 0 Å². The molecule has 2 aromatic rings. The Labute approximate surface area is 155 Å². The zero-order valence-electron chi connectivity index (χ0n) is 14.0. The third-order valence-electron chi connectivity index (χ3n) is 3.89. The molecule has 5 nitrogen and oxygen atoms in total. The average Bonchev–Trinajstić information content (AvgIpc) is 2.53. The van der Waals surface area contributed by atoms with E-state index in [4.69, 9.17) is 11.6 Å². The van der Waals surface area contributed by atoms with Crippen LogP contribution in [0.15, 0.2) is 35.6 Å². The van der Waals surface area contributed by atoms with Gasteiger partial charge in [0.2, 0.25) is 5.91 Å². The van der Waals surface area contributed by atoms with Crippen LogP contribution in [0.1, 0.15) is 36.3 Å². The molecule has 0 fully saturated rings. The van der Waals surface area contributed by atoms with Gasteiger partial charge in [0.1, 0.15) is 0 Å². The van der Waals surface area contributed by atoms with Crippen molar-refractivity contribution in [2.75, 3.05) is 11.1 Å². The molecular weight excluding hydrogens is 358 g/mol. The SMILES string of the molecule is CC1(C)CC(=O)c2cnc(SCC(=O)Nc3ccc(Cl)cc3)nc2C1. The molecule has 1 aliphatic carbocycles. The van der Waals surface area contributed by atoms with Crippen molar-refractivity contribution >= 4 is 40.7 Å². The Balaban J connectivity index is 1.63. The predicted octanol–water partition coefficient (Wildman–Crippen LogP) is 4.02. The summed E-state index contributed by atoms with van der Waals surface area (Å²) >= 11 is 7.07. The number of carbonyl (C=O) groups is 2. The number of nitrogens with one attached hydrogen (secondary N) is 1. The first kappa shape index (κ1) is 17.9. The van der Waals surface area contributed by atoms with E-state index < -0.39 is 0 Å². The zero-order valence-corrected chi connectivity index (χ0v) is 15.6. The van der Waals surface area contributed by atoms with Gasteiger partial charge in [-0.1, -0.05) is 37.2 Å². The molecule has 1 amide bonds. The number of anilines is 1. The van der Waals surface area contributed by atoms with E-state index in [0.29, 0.717) is 27.9 Å². The van der Waals surface area contributed by atoms with Crippen LogP contribution in [0.2, 0.25) is 5.02 Å². The molecule has 0 saturated carbocycles. The summed E-state index contributed by atoms with van der Waals surface area (Å²) in [5.41, 5.74) is 1.98. The lowest BCUT2D eigenvalue weighted by Crippen LogP contribution is -2.28. The van der Waals surface area contributed by atoms with E-state index in [1.165, 1.54) is 11.8 Å². The minimum absolute atomic E-state index is 0.0864. The number of hydrogen-bond acceptors (Lipinski definition) is 5. The van der Waals surface area contributed by atoms with Crippen LogP contribution in [0.25, 0.3) is 0 Å². The number of hydrogen-bond donors (Lipinski definition) is 1. The number of rotatable bonds is 4. The summed E-state index contributed by atoms with van der Waals surface area (Å²) in [6.07, 6.45) is 2.83. The fraction of sp³-hybridized carbons (Fsp3) is 0.333. The second-order valence-corrected chi connectivity index (χ2v) is 8.18. The molecule has 0 spiro atoms. The van der Waals surface area contributed by atoms with E-state index in [1.54, 1.807) is 30.5 Å². The van der Waals surface area contributed by atoms with Crippen LogP contribution in [0.3, 0.4) is 0 Å². The highest BCUT2D eigenvalue weighted by atomic mass is 35.5. The molecule has 1 N–H and O–H groups in total. The van der Waals surface area contributed by atoms with Gasteiger partial charge in [-0.15, -0.1) is 0 Å². The highest BCUT2D eigenvalue weighted by Crippen LogP contribution is 2.34. The largest absolute Gasteiger partial charge is 0.325 e. The van der Waals surface area contributed by atoms with Crippen molar-refractivity contribution in [2.24, 2.45) is 5.41 Å². The maximum atomic E-state index is 12.1. The molecular formula is C18H18ClN3O2S. The van der Waals surface area contributed by atoms with E-state index in [1.807, 2.05) is 0 Å². The number of ketones is 1. The summed E-state index contributed by atoms with van der Waals surface area (Å²) in [4.78, 5) is 32.9. The number of nitrogens with zero attached hydrogens (tertiary/aromatic N) is 2. The molecule has 7 heteroatoms. The van der Waals surface area contributed by atoms with Crippen molar-refractivity contribution in [1.82, 2.24) is 9.97 Å². The second kappa shape index (κ2) is 7.14. The highest BCUT2D eigenvalue weighted by Gasteiger charge is 2.32. The predicted molar refractivity (Wildman–Crippen MR) is 99.3 cm³/mol. The Hall–Kier alpha value is -1.92. The van der Waals surface area contributed by atoms with Crippen molar-refractivity contribution < 1.29 is 9.59 Å². The van der Waals surface area contributed by atoms with Crippen LogP contribution in [-0.2, 0) is 11.2 Å².